The molecule has 3 aliphatic rings. The Morgan fingerprint density at radius 3 is 2.44 bits per heavy atom. The van der Waals surface area contributed by atoms with Crippen molar-refractivity contribution in [3.05, 3.63) is 53.1 Å². The van der Waals surface area contributed by atoms with Gasteiger partial charge in [-0.25, -0.2) is 5.48 Å². The molecule has 41 heavy (non-hydrogen) atoms. The molecule has 0 heterocycles. The molecule has 2 saturated carbocycles. The number of benzene rings is 2. The van der Waals surface area contributed by atoms with Gasteiger partial charge in [0.05, 0.1) is 24.6 Å². The first-order valence-electron chi connectivity index (χ1n) is 13.0. The maximum absolute atomic E-state index is 13.9. The molecule has 2 unspecified atom stereocenters. The highest BCUT2D eigenvalue weighted by atomic mass is 16.6. The number of hydrogen-bond donors (Lipinski definition) is 4. The van der Waals surface area contributed by atoms with Crippen LogP contribution in [0.25, 0.3) is 11.1 Å². The van der Waals surface area contributed by atoms with Crippen LogP contribution in [0.15, 0.2) is 36.4 Å². The third kappa shape index (κ3) is 4.09. The number of amides is 2. The lowest BCUT2D eigenvalue weighted by Gasteiger charge is -2.52. The molecule has 3 aliphatic carbocycles. The largest absolute Gasteiger partial charge is 0.507 e. The molecule has 5 N–H and O–H groups in total. The minimum absolute atomic E-state index is 0.0602. The van der Waals surface area contributed by atoms with Crippen molar-refractivity contribution in [3.63, 3.8) is 0 Å². The second-order valence-electron chi connectivity index (χ2n) is 11.0. The number of Topliss-reactive ketones (excluding diaryl/α,β-unsaturated/α-hetero) is 4. The maximum Gasteiger partial charge on any atom is 0.274 e. The number of phenols is 1. The fraction of sp³-hybridized carbons (Fsp3) is 0.379. The summed E-state index contributed by atoms with van der Waals surface area (Å²) >= 11 is 0. The summed E-state index contributed by atoms with van der Waals surface area (Å²) in [6.45, 7) is 0. The number of ketones is 4. The average molecular weight is 564 g/mol. The molecule has 2 fully saturated rings. The first-order valence-corrected chi connectivity index (χ1v) is 13.0. The van der Waals surface area contributed by atoms with E-state index in [9.17, 15) is 39.0 Å². The van der Waals surface area contributed by atoms with Gasteiger partial charge in [-0.3, -0.25) is 38.5 Å². The summed E-state index contributed by atoms with van der Waals surface area (Å²) in [7, 11) is 4.35. The van der Waals surface area contributed by atoms with Gasteiger partial charge in [0, 0.05) is 11.5 Å². The molecule has 2 aromatic rings. The molecular weight excluding hydrogens is 534 g/mol. The highest BCUT2D eigenvalue weighted by molar-refractivity contribution is 6.32. The molecule has 0 spiro atoms. The lowest BCUT2D eigenvalue weighted by atomic mass is 9.52. The van der Waals surface area contributed by atoms with E-state index in [0.717, 1.165) is 0 Å². The van der Waals surface area contributed by atoms with Gasteiger partial charge in [-0.1, -0.05) is 18.2 Å². The number of rotatable bonds is 5. The Labute approximate surface area is 234 Å². The first-order chi connectivity index (χ1) is 19.3. The number of nitrogens with two attached hydrogens (primary N) is 1. The Kier molecular flexibility index (Phi) is 6.88. The summed E-state index contributed by atoms with van der Waals surface area (Å²) in [5, 5.41) is 22.4. The molecule has 2 amide bonds. The van der Waals surface area contributed by atoms with Gasteiger partial charge in [0.1, 0.15) is 5.75 Å². The van der Waals surface area contributed by atoms with Gasteiger partial charge in [-0.15, -0.1) is 0 Å². The van der Waals surface area contributed by atoms with Gasteiger partial charge in [0.2, 0.25) is 5.91 Å². The summed E-state index contributed by atoms with van der Waals surface area (Å²) in [5.74, 6) is -11.6. The van der Waals surface area contributed by atoms with Gasteiger partial charge >= 0.3 is 0 Å². The van der Waals surface area contributed by atoms with Crippen molar-refractivity contribution in [2.75, 3.05) is 21.2 Å². The molecule has 6 atom stereocenters. The standard InChI is InChI=1S/C29H29N3O9/c1-32(2)22-17-11-14-10-16-15(12-5-4-6-13(9-12)28(39)31-41-3)7-8-18(33)20(16)23(34)19(14)25(36)29(17,40)26(37)21(24(22)35)27(30)38/h4-9,14,17,19,21-22,33,40H,10-11H2,1-3H3,(H2,30,38)(H,31,39)/t14-,17-,19?,21?,22+,29-/m0/s1. The van der Waals surface area contributed by atoms with Crippen molar-refractivity contribution in [2.45, 2.75) is 24.5 Å². The molecular formula is C29H29N3O9. The van der Waals surface area contributed by atoms with Crippen LogP contribution in [0.1, 0.15) is 32.7 Å². The average Bonchev–Trinajstić information content (AvgIpc) is 2.90. The zero-order valence-electron chi connectivity index (χ0n) is 22.5. The number of hydroxylamine groups is 1. The van der Waals surface area contributed by atoms with E-state index in [1.807, 2.05) is 0 Å². The number of aromatic hydroxyl groups is 1. The van der Waals surface area contributed by atoms with Crippen LogP contribution in [0.3, 0.4) is 0 Å². The SMILES string of the molecule is CONC(=O)c1cccc(-c2ccc(O)c3c2C[C@H]2C[C@H]4[C@@H](N(C)C)C(=O)C(C(N)=O)C(=O)[C@@]4(O)C(=O)C2C3=O)c1. The summed E-state index contributed by atoms with van der Waals surface area (Å²) < 4.78 is 0. The highest BCUT2D eigenvalue weighted by Gasteiger charge is 2.69. The number of aliphatic hydroxyl groups is 1. The van der Waals surface area contributed by atoms with E-state index in [2.05, 4.69) is 5.48 Å². The zero-order chi connectivity index (χ0) is 30.0. The lowest BCUT2D eigenvalue weighted by molar-refractivity contribution is -0.181. The van der Waals surface area contributed by atoms with E-state index in [4.69, 9.17) is 10.6 Å². The molecule has 2 aromatic carbocycles. The molecule has 0 aromatic heterocycles. The maximum atomic E-state index is 13.9. The van der Waals surface area contributed by atoms with Crippen LogP contribution in [-0.2, 0) is 30.4 Å². The monoisotopic (exact) mass is 563 g/mol. The third-order valence-electron chi connectivity index (χ3n) is 8.58. The molecule has 12 heteroatoms. The summed E-state index contributed by atoms with van der Waals surface area (Å²) in [5.41, 5.74) is 6.49. The number of hydrogen-bond acceptors (Lipinski definition) is 10. The van der Waals surface area contributed by atoms with Crippen LogP contribution >= 0.6 is 0 Å². The summed E-state index contributed by atoms with van der Waals surface area (Å²) in [6.07, 6.45) is 0.0410. The third-order valence-corrected chi connectivity index (χ3v) is 8.58. The Morgan fingerprint density at radius 1 is 1.10 bits per heavy atom. The van der Waals surface area contributed by atoms with Crippen molar-refractivity contribution < 1.29 is 43.8 Å². The van der Waals surface area contributed by atoms with Crippen molar-refractivity contribution in [1.29, 1.82) is 0 Å². The van der Waals surface area contributed by atoms with E-state index in [0.29, 0.717) is 16.7 Å². The van der Waals surface area contributed by atoms with E-state index < -0.39 is 70.3 Å². The number of fused-ring (bicyclic) bond motifs is 3. The van der Waals surface area contributed by atoms with E-state index in [1.165, 1.54) is 32.2 Å². The lowest BCUT2D eigenvalue weighted by Crippen LogP contribution is -2.74. The Bertz CT molecular complexity index is 1530. The molecule has 0 saturated heterocycles. The summed E-state index contributed by atoms with van der Waals surface area (Å²) in [4.78, 5) is 85.0. The predicted molar refractivity (Wildman–Crippen MR) is 141 cm³/mol. The molecule has 5 rings (SSSR count). The molecule has 0 radical (unpaired) electrons. The van der Waals surface area contributed by atoms with Gasteiger partial charge in [-0.2, -0.15) is 0 Å². The smallest absolute Gasteiger partial charge is 0.274 e. The topological polar surface area (TPSA) is 193 Å². The van der Waals surface area contributed by atoms with Gasteiger partial charge in [0.15, 0.2) is 34.7 Å². The van der Waals surface area contributed by atoms with Gasteiger partial charge in [-0.05, 0) is 67.7 Å². The second kappa shape index (κ2) is 9.98. The molecule has 0 bridgehead atoms. The fourth-order valence-corrected chi connectivity index (χ4v) is 6.85. The first kappa shape index (κ1) is 28.3. The van der Waals surface area contributed by atoms with Gasteiger partial charge < -0.3 is 15.9 Å². The van der Waals surface area contributed by atoms with E-state index >= 15 is 0 Å². The van der Waals surface area contributed by atoms with Crippen molar-refractivity contribution in [3.8, 4) is 16.9 Å². The van der Waals surface area contributed by atoms with Crippen LogP contribution < -0.4 is 11.2 Å². The van der Waals surface area contributed by atoms with Crippen molar-refractivity contribution >= 4 is 34.9 Å². The van der Waals surface area contributed by atoms with E-state index in [-0.39, 0.29) is 29.7 Å². The Morgan fingerprint density at radius 2 is 1.80 bits per heavy atom. The minimum atomic E-state index is -2.78. The van der Waals surface area contributed by atoms with Crippen LogP contribution in [0, 0.1) is 23.7 Å². The van der Waals surface area contributed by atoms with Crippen LogP contribution in [0.5, 0.6) is 5.75 Å². The van der Waals surface area contributed by atoms with Crippen LogP contribution in [0.4, 0.5) is 0 Å². The normalized spacial score (nSPS) is 29.0. The van der Waals surface area contributed by atoms with E-state index in [1.54, 1.807) is 30.3 Å². The number of carbonyl (C=O) groups is 6. The van der Waals surface area contributed by atoms with Crippen LogP contribution in [-0.4, -0.2) is 82.9 Å². The Balaban J connectivity index is 1.63. The summed E-state index contributed by atoms with van der Waals surface area (Å²) in [6, 6.07) is 8.25. The minimum Gasteiger partial charge on any atom is -0.507 e. The Hall–Kier alpha value is -4.26. The fourth-order valence-electron chi connectivity index (χ4n) is 6.85. The highest BCUT2D eigenvalue weighted by Crippen LogP contribution is 2.51. The number of nitrogens with one attached hydrogen (secondary N) is 1. The van der Waals surface area contributed by atoms with Crippen molar-refractivity contribution in [1.82, 2.24) is 10.4 Å². The molecule has 12 nitrogen and oxygen atoms in total. The number of nitrogens with zero attached hydrogens (tertiary/aromatic N) is 1. The second-order valence-corrected chi connectivity index (χ2v) is 11.0. The van der Waals surface area contributed by atoms with Crippen LogP contribution in [0.2, 0.25) is 0 Å². The van der Waals surface area contributed by atoms with Gasteiger partial charge in [0.25, 0.3) is 5.91 Å². The number of likely N-dealkylation sites (N-methyl/N-ethyl adjacent to an activating group) is 1. The predicted octanol–water partition coefficient (Wildman–Crippen LogP) is -0.175. The number of primary amides is 1. The number of carbonyl (C=O) groups excluding carboxylic acids is 6. The quantitative estimate of drug-likeness (QED) is 0.280. The molecule has 0 aliphatic heterocycles. The van der Waals surface area contributed by atoms with Crippen molar-refractivity contribution in [2.24, 2.45) is 29.4 Å². The molecule has 214 valence electrons. The zero-order valence-corrected chi connectivity index (χ0v) is 22.5. The number of phenolic OH excluding ortho intramolecular Hbond substituents is 1.